The third-order valence-corrected chi connectivity index (χ3v) is 5.79. The fraction of sp³-hybridized carbons (Fsp3) is 0.476. The van der Waals surface area contributed by atoms with Crippen LogP contribution in [0.25, 0.3) is 0 Å². The molecular weight excluding hydrogens is 422 g/mol. The highest BCUT2D eigenvalue weighted by molar-refractivity contribution is 9.10. The molecule has 7 heteroatoms. The van der Waals surface area contributed by atoms with Crippen molar-refractivity contribution in [3.8, 4) is 0 Å². The van der Waals surface area contributed by atoms with E-state index in [2.05, 4.69) is 33.0 Å². The summed E-state index contributed by atoms with van der Waals surface area (Å²) < 4.78 is 6.46. The van der Waals surface area contributed by atoms with Gasteiger partial charge >= 0.3 is 6.09 Å². The number of rotatable bonds is 2. The summed E-state index contributed by atoms with van der Waals surface area (Å²) in [6.07, 6.45) is 2.10. The van der Waals surface area contributed by atoms with Gasteiger partial charge in [-0.2, -0.15) is 0 Å². The number of carbonyl (C=O) groups excluding carboxylic acids is 1. The highest BCUT2D eigenvalue weighted by Crippen LogP contribution is 2.52. The number of nitrogens with zero attached hydrogens (tertiary/aromatic N) is 2. The average Bonchev–Trinajstić information content (AvgIpc) is 3.42. The van der Waals surface area contributed by atoms with Crippen LogP contribution in [0.15, 0.2) is 33.5 Å². The van der Waals surface area contributed by atoms with Gasteiger partial charge in [-0.15, -0.1) is 0 Å². The molecular formula is C21H24BrN3O3. The van der Waals surface area contributed by atoms with E-state index in [9.17, 15) is 9.59 Å². The average molecular weight is 446 g/mol. The van der Waals surface area contributed by atoms with Crippen LogP contribution < -0.4 is 5.56 Å². The maximum Gasteiger partial charge on any atom is 0.410 e. The summed E-state index contributed by atoms with van der Waals surface area (Å²) in [7, 11) is 0. The Kier molecular flexibility index (Phi) is 4.61. The van der Waals surface area contributed by atoms with Gasteiger partial charge in [0.15, 0.2) is 0 Å². The Morgan fingerprint density at radius 1 is 1.32 bits per heavy atom. The number of hydrogen-bond donors (Lipinski definition) is 1. The molecule has 1 aliphatic heterocycles. The number of H-pyrrole nitrogens is 1. The van der Waals surface area contributed by atoms with Crippen molar-refractivity contribution in [3.63, 3.8) is 0 Å². The fourth-order valence-corrected chi connectivity index (χ4v) is 4.11. The van der Waals surface area contributed by atoms with Crippen LogP contribution in [0.3, 0.4) is 0 Å². The molecule has 2 aliphatic rings. The molecule has 1 aromatic heterocycles. The molecule has 0 bridgehead atoms. The first-order chi connectivity index (χ1) is 13.2. The molecule has 4 rings (SSSR count). The highest BCUT2D eigenvalue weighted by Gasteiger charge is 2.49. The fourth-order valence-electron chi connectivity index (χ4n) is 3.71. The maximum absolute atomic E-state index is 12.8. The van der Waals surface area contributed by atoms with E-state index in [-0.39, 0.29) is 17.5 Å². The van der Waals surface area contributed by atoms with Crippen LogP contribution in [0.5, 0.6) is 0 Å². The zero-order valence-electron chi connectivity index (χ0n) is 16.3. The maximum atomic E-state index is 12.8. The van der Waals surface area contributed by atoms with Gasteiger partial charge in [-0.05, 0) is 51.3 Å². The molecule has 28 heavy (non-hydrogen) atoms. The third-order valence-electron chi connectivity index (χ3n) is 5.30. The molecule has 6 nitrogen and oxygen atoms in total. The van der Waals surface area contributed by atoms with Gasteiger partial charge < -0.3 is 14.6 Å². The number of aromatic nitrogens is 2. The predicted molar refractivity (Wildman–Crippen MR) is 109 cm³/mol. The molecule has 1 N–H and O–H groups in total. The topological polar surface area (TPSA) is 75.3 Å². The van der Waals surface area contributed by atoms with E-state index in [0.717, 1.165) is 34.4 Å². The number of nitrogens with one attached hydrogen (secondary N) is 1. The van der Waals surface area contributed by atoms with Crippen LogP contribution in [0.4, 0.5) is 4.79 Å². The van der Waals surface area contributed by atoms with E-state index >= 15 is 0 Å². The molecule has 2 heterocycles. The Labute approximate surface area is 172 Å². The minimum Gasteiger partial charge on any atom is -0.444 e. The molecule has 1 amide bonds. The Bertz CT molecular complexity index is 989. The van der Waals surface area contributed by atoms with E-state index in [1.807, 2.05) is 32.9 Å². The lowest BCUT2D eigenvalue weighted by molar-refractivity contribution is 0.0221. The summed E-state index contributed by atoms with van der Waals surface area (Å²) in [6.45, 7) is 6.24. The van der Waals surface area contributed by atoms with E-state index in [4.69, 9.17) is 9.72 Å². The molecule has 0 radical (unpaired) electrons. The largest absolute Gasteiger partial charge is 0.444 e. The quantitative estimate of drug-likeness (QED) is 0.759. The Hall–Kier alpha value is -2.15. The number of amides is 1. The zero-order chi connectivity index (χ0) is 20.1. The molecule has 2 aromatic rings. The number of fused-ring (bicyclic) bond motifs is 1. The van der Waals surface area contributed by atoms with Gasteiger partial charge in [0.05, 0.1) is 23.2 Å². The van der Waals surface area contributed by atoms with Gasteiger partial charge in [-0.1, -0.05) is 28.1 Å². The van der Waals surface area contributed by atoms with Gasteiger partial charge in [0, 0.05) is 17.4 Å². The van der Waals surface area contributed by atoms with E-state index in [1.165, 1.54) is 0 Å². The summed E-state index contributed by atoms with van der Waals surface area (Å²) in [5.74, 6) is 0.736. The van der Waals surface area contributed by atoms with Crippen molar-refractivity contribution >= 4 is 22.0 Å². The Balaban J connectivity index is 1.62. The summed E-state index contributed by atoms with van der Waals surface area (Å²) in [5.41, 5.74) is 1.59. The van der Waals surface area contributed by atoms with Crippen molar-refractivity contribution in [1.29, 1.82) is 0 Å². The number of hydrogen-bond acceptors (Lipinski definition) is 4. The molecule has 0 atom stereocenters. The van der Waals surface area contributed by atoms with Gasteiger partial charge in [0.1, 0.15) is 11.4 Å². The highest BCUT2D eigenvalue weighted by atomic mass is 79.9. The minimum absolute atomic E-state index is 0.158. The van der Waals surface area contributed by atoms with Crippen molar-refractivity contribution in [3.05, 3.63) is 61.7 Å². The molecule has 0 saturated heterocycles. The third kappa shape index (κ3) is 3.60. The lowest BCUT2D eigenvalue weighted by Crippen LogP contribution is -2.42. The Morgan fingerprint density at radius 2 is 2.07 bits per heavy atom. The number of halogens is 1. The predicted octanol–water partition coefficient (Wildman–Crippen LogP) is 3.91. The molecule has 0 unspecified atom stereocenters. The molecule has 1 aliphatic carbocycles. The summed E-state index contributed by atoms with van der Waals surface area (Å²) >= 11 is 3.53. The number of carbonyl (C=O) groups is 1. The van der Waals surface area contributed by atoms with Gasteiger partial charge in [0.2, 0.25) is 0 Å². The molecule has 1 aromatic carbocycles. The van der Waals surface area contributed by atoms with Gasteiger partial charge in [0.25, 0.3) is 5.56 Å². The normalized spacial score (nSPS) is 17.8. The second-order valence-electron chi connectivity index (χ2n) is 8.58. The van der Waals surface area contributed by atoms with E-state index in [0.29, 0.717) is 18.5 Å². The molecule has 1 fully saturated rings. The number of ether oxygens (including phenoxy) is 1. The first-order valence-electron chi connectivity index (χ1n) is 9.54. The summed E-state index contributed by atoms with van der Waals surface area (Å²) in [5, 5.41) is 0. The molecule has 0 spiro atoms. The summed E-state index contributed by atoms with van der Waals surface area (Å²) in [4.78, 5) is 34.6. The van der Waals surface area contributed by atoms with Crippen molar-refractivity contribution in [2.24, 2.45) is 0 Å². The van der Waals surface area contributed by atoms with Gasteiger partial charge in [-0.25, -0.2) is 9.78 Å². The molecule has 1 saturated carbocycles. The monoisotopic (exact) mass is 445 g/mol. The van der Waals surface area contributed by atoms with Crippen molar-refractivity contribution in [2.45, 2.75) is 57.6 Å². The lowest BCUT2D eigenvalue weighted by Gasteiger charge is -2.30. The van der Waals surface area contributed by atoms with Crippen LogP contribution >= 0.6 is 15.9 Å². The Morgan fingerprint density at radius 3 is 2.71 bits per heavy atom. The van der Waals surface area contributed by atoms with Crippen molar-refractivity contribution in [1.82, 2.24) is 14.9 Å². The minimum atomic E-state index is -0.561. The van der Waals surface area contributed by atoms with E-state index < -0.39 is 11.7 Å². The van der Waals surface area contributed by atoms with Crippen LogP contribution in [-0.4, -0.2) is 33.1 Å². The summed E-state index contributed by atoms with van der Waals surface area (Å²) in [6, 6.07) is 8.18. The SMILES string of the molecule is CC(C)(C)OC(=O)N1CCc2nc(C3(c4cccc(Br)c4)CC3)[nH]c(=O)c2C1. The van der Waals surface area contributed by atoms with Gasteiger partial charge in [-0.3, -0.25) is 4.79 Å². The van der Waals surface area contributed by atoms with Crippen LogP contribution in [0, 0.1) is 0 Å². The molecule has 148 valence electrons. The van der Waals surface area contributed by atoms with E-state index in [1.54, 1.807) is 4.90 Å². The van der Waals surface area contributed by atoms with Crippen molar-refractivity contribution in [2.75, 3.05) is 6.54 Å². The standard InChI is InChI=1S/C21H24BrN3O3/c1-20(2,3)28-19(27)25-10-7-16-15(12-25)17(26)24-18(23-16)21(8-9-21)13-5-4-6-14(22)11-13/h4-6,11H,7-10,12H2,1-3H3,(H,23,24,26). The lowest BCUT2D eigenvalue weighted by atomic mass is 9.94. The van der Waals surface area contributed by atoms with Crippen LogP contribution in [-0.2, 0) is 23.1 Å². The first kappa shape index (κ1) is 19.2. The number of benzene rings is 1. The number of aromatic amines is 1. The van der Waals surface area contributed by atoms with Crippen LogP contribution in [0.1, 0.15) is 56.3 Å². The second-order valence-corrected chi connectivity index (χ2v) is 9.50. The first-order valence-corrected chi connectivity index (χ1v) is 10.3. The second kappa shape index (κ2) is 6.72. The smallest absolute Gasteiger partial charge is 0.410 e. The van der Waals surface area contributed by atoms with Crippen molar-refractivity contribution < 1.29 is 9.53 Å². The van der Waals surface area contributed by atoms with Crippen LogP contribution in [0.2, 0.25) is 0 Å². The zero-order valence-corrected chi connectivity index (χ0v) is 17.9.